The minimum absolute atomic E-state index is 0.0144. The number of rotatable bonds is 1. The molecule has 0 fully saturated rings. The minimum Gasteiger partial charge on any atom is -0.485 e. The van der Waals surface area contributed by atoms with Crippen LogP contribution in [0.1, 0.15) is 24.2 Å². The van der Waals surface area contributed by atoms with Crippen molar-refractivity contribution in [3.8, 4) is 11.5 Å². The Balaban J connectivity index is 1.42. The minimum atomic E-state index is -0.599. The van der Waals surface area contributed by atoms with E-state index in [0.29, 0.717) is 18.0 Å². The number of para-hydroxylation sites is 3. The Bertz CT molecular complexity index is 994. The molecule has 0 spiro atoms. The van der Waals surface area contributed by atoms with Gasteiger partial charge in [-0.1, -0.05) is 30.3 Å². The lowest BCUT2D eigenvalue weighted by molar-refractivity contribution is -0.144. The van der Waals surface area contributed by atoms with Crippen molar-refractivity contribution in [2.45, 2.75) is 25.5 Å². The molecule has 0 saturated carbocycles. The SMILES string of the molecule is C[C@@H]1c2[nH]c3ccccc3c2CCN1C(=O)[C@H]1COc2ccccc2O1. The van der Waals surface area contributed by atoms with Crippen molar-refractivity contribution in [2.24, 2.45) is 0 Å². The normalized spacial score (nSPS) is 21.5. The summed E-state index contributed by atoms with van der Waals surface area (Å²) in [6.07, 6.45) is 0.248. The lowest BCUT2D eigenvalue weighted by atomic mass is 9.97. The highest BCUT2D eigenvalue weighted by Crippen LogP contribution is 2.36. The first-order valence-electron chi connectivity index (χ1n) is 9.01. The van der Waals surface area contributed by atoms with Gasteiger partial charge in [0.2, 0.25) is 6.10 Å². The fraction of sp³-hybridized carbons (Fsp3) is 0.286. The highest BCUT2D eigenvalue weighted by atomic mass is 16.6. The Hall–Kier alpha value is -2.95. The van der Waals surface area contributed by atoms with Crippen LogP contribution < -0.4 is 9.47 Å². The van der Waals surface area contributed by atoms with Crippen LogP contribution in [0.3, 0.4) is 0 Å². The van der Waals surface area contributed by atoms with Crippen LogP contribution in [-0.4, -0.2) is 35.0 Å². The molecule has 5 rings (SSSR count). The average molecular weight is 348 g/mol. The lowest BCUT2D eigenvalue weighted by Crippen LogP contribution is -2.49. The van der Waals surface area contributed by atoms with Crippen LogP contribution in [0.25, 0.3) is 10.9 Å². The van der Waals surface area contributed by atoms with Gasteiger partial charge in [-0.3, -0.25) is 4.79 Å². The van der Waals surface area contributed by atoms with Crippen LogP contribution in [0, 0.1) is 0 Å². The fourth-order valence-electron chi connectivity index (χ4n) is 4.06. The zero-order valence-corrected chi connectivity index (χ0v) is 14.6. The van der Waals surface area contributed by atoms with Crippen molar-refractivity contribution in [1.82, 2.24) is 9.88 Å². The molecule has 2 aromatic carbocycles. The van der Waals surface area contributed by atoms with E-state index in [-0.39, 0.29) is 18.6 Å². The summed E-state index contributed by atoms with van der Waals surface area (Å²) in [7, 11) is 0. The predicted molar refractivity (Wildman–Crippen MR) is 98.5 cm³/mol. The summed E-state index contributed by atoms with van der Waals surface area (Å²) in [6.45, 7) is 3.01. The zero-order valence-electron chi connectivity index (χ0n) is 14.6. The molecule has 26 heavy (non-hydrogen) atoms. The van der Waals surface area contributed by atoms with Gasteiger partial charge >= 0.3 is 0 Å². The smallest absolute Gasteiger partial charge is 0.267 e. The van der Waals surface area contributed by atoms with Gasteiger partial charge in [0.25, 0.3) is 5.91 Å². The number of nitrogens with zero attached hydrogens (tertiary/aromatic N) is 1. The Morgan fingerprint density at radius 3 is 2.77 bits per heavy atom. The van der Waals surface area contributed by atoms with E-state index in [4.69, 9.17) is 9.47 Å². The number of ether oxygens (including phenoxy) is 2. The number of carbonyl (C=O) groups is 1. The third-order valence-electron chi connectivity index (χ3n) is 5.40. The van der Waals surface area contributed by atoms with E-state index in [2.05, 4.69) is 30.1 Å². The van der Waals surface area contributed by atoms with Gasteiger partial charge in [0, 0.05) is 23.1 Å². The van der Waals surface area contributed by atoms with Crippen molar-refractivity contribution < 1.29 is 14.3 Å². The molecule has 0 unspecified atom stereocenters. The summed E-state index contributed by atoms with van der Waals surface area (Å²) >= 11 is 0. The summed E-state index contributed by atoms with van der Waals surface area (Å²) in [5.41, 5.74) is 3.58. The molecular weight excluding hydrogens is 328 g/mol. The standard InChI is InChI=1S/C21H20N2O3/c1-13-20-15(14-6-2-3-7-16(14)22-20)10-11-23(13)21(24)19-12-25-17-8-4-5-9-18(17)26-19/h2-9,13,19,22H,10-12H2,1H3/t13-,19-/m1/s1. The number of aromatic nitrogens is 1. The number of amides is 1. The third kappa shape index (κ3) is 2.27. The van der Waals surface area contributed by atoms with E-state index in [1.165, 1.54) is 10.9 Å². The van der Waals surface area contributed by atoms with Crippen molar-refractivity contribution in [1.29, 1.82) is 0 Å². The first kappa shape index (κ1) is 15.3. The molecule has 0 saturated heterocycles. The van der Waals surface area contributed by atoms with E-state index in [9.17, 15) is 4.79 Å². The summed E-state index contributed by atoms with van der Waals surface area (Å²) in [4.78, 5) is 18.5. The van der Waals surface area contributed by atoms with Crippen molar-refractivity contribution in [3.63, 3.8) is 0 Å². The molecule has 2 aliphatic heterocycles. The number of aromatic amines is 1. The van der Waals surface area contributed by atoms with Crippen molar-refractivity contribution >= 4 is 16.8 Å². The van der Waals surface area contributed by atoms with E-state index < -0.39 is 6.10 Å². The number of hydrogen-bond acceptors (Lipinski definition) is 3. The van der Waals surface area contributed by atoms with Crippen LogP contribution >= 0.6 is 0 Å². The molecule has 5 heteroatoms. The van der Waals surface area contributed by atoms with Crippen molar-refractivity contribution in [2.75, 3.05) is 13.2 Å². The summed E-state index contributed by atoms with van der Waals surface area (Å²) in [5.74, 6) is 1.31. The number of nitrogens with one attached hydrogen (secondary N) is 1. The van der Waals surface area contributed by atoms with Crippen LogP contribution in [0.15, 0.2) is 48.5 Å². The Morgan fingerprint density at radius 1 is 1.12 bits per heavy atom. The maximum atomic E-state index is 13.1. The second-order valence-corrected chi connectivity index (χ2v) is 6.88. The Morgan fingerprint density at radius 2 is 1.88 bits per heavy atom. The molecule has 3 aromatic rings. The van der Waals surface area contributed by atoms with Gasteiger partial charge in [0.1, 0.15) is 6.61 Å². The number of carbonyl (C=O) groups excluding carboxylic acids is 1. The van der Waals surface area contributed by atoms with Crippen LogP contribution in [0.5, 0.6) is 11.5 Å². The first-order valence-corrected chi connectivity index (χ1v) is 9.01. The summed E-state index contributed by atoms with van der Waals surface area (Å²) in [6, 6.07) is 15.8. The maximum Gasteiger partial charge on any atom is 0.267 e. The van der Waals surface area contributed by atoms with Crippen LogP contribution in [-0.2, 0) is 11.2 Å². The summed E-state index contributed by atoms with van der Waals surface area (Å²) < 4.78 is 11.6. The predicted octanol–water partition coefficient (Wildman–Crippen LogP) is 3.45. The monoisotopic (exact) mass is 348 g/mol. The molecular formula is C21H20N2O3. The molecule has 132 valence electrons. The van der Waals surface area contributed by atoms with E-state index in [1.54, 1.807) is 0 Å². The van der Waals surface area contributed by atoms with E-state index in [1.807, 2.05) is 35.2 Å². The van der Waals surface area contributed by atoms with E-state index in [0.717, 1.165) is 17.6 Å². The fourth-order valence-corrected chi connectivity index (χ4v) is 4.06. The topological polar surface area (TPSA) is 54.6 Å². The quantitative estimate of drug-likeness (QED) is 0.733. The van der Waals surface area contributed by atoms with Crippen LogP contribution in [0.2, 0.25) is 0 Å². The van der Waals surface area contributed by atoms with Gasteiger partial charge in [0.15, 0.2) is 11.5 Å². The van der Waals surface area contributed by atoms with Gasteiger partial charge in [0.05, 0.1) is 6.04 Å². The Kier molecular flexibility index (Phi) is 3.42. The third-order valence-corrected chi connectivity index (χ3v) is 5.40. The van der Waals surface area contributed by atoms with E-state index >= 15 is 0 Å². The highest BCUT2D eigenvalue weighted by molar-refractivity contribution is 5.87. The number of benzene rings is 2. The average Bonchev–Trinajstić information content (AvgIpc) is 3.07. The largest absolute Gasteiger partial charge is 0.485 e. The van der Waals surface area contributed by atoms with Gasteiger partial charge in [-0.05, 0) is 37.1 Å². The number of hydrogen-bond donors (Lipinski definition) is 1. The van der Waals surface area contributed by atoms with Gasteiger partial charge in [-0.2, -0.15) is 0 Å². The number of fused-ring (bicyclic) bond motifs is 4. The molecule has 0 radical (unpaired) electrons. The molecule has 2 atom stereocenters. The second-order valence-electron chi connectivity index (χ2n) is 6.88. The second kappa shape index (κ2) is 5.80. The number of H-pyrrole nitrogens is 1. The zero-order chi connectivity index (χ0) is 17.7. The maximum absolute atomic E-state index is 13.1. The van der Waals surface area contributed by atoms with Crippen LogP contribution in [0.4, 0.5) is 0 Å². The molecule has 5 nitrogen and oxygen atoms in total. The molecule has 1 amide bonds. The molecule has 0 bridgehead atoms. The molecule has 2 aliphatic rings. The molecule has 0 aliphatic carbocycles. The van der Waals surface area contributed by atoms with Gasteiger partial charge in [-0.15, -0.1) is 0 Å². The van der Waals surface area contributed by atoms with Gasteiger partial charge < -0.3 is 19.4 Å². The Labute approximate surface area is 151 Å². The lowest BCUT2D eigenvalue weighted by Gasteiger charge is -2.37. The molecule has 1 N–H and O–H groups in total. The van der Waals surface area contributed by atoms with Crippen molar-refractivity contribution in [3.05, 3.63) is 59.8 Å². The molecule has 1 aromatic heterocycles. The highest BCUT2D eigenvalue weighted by Gasteiger charge is 2.36. The molecule has 3 heterocycles. The van der Waals surface area contributed by atoms with Gasteiger partial charge in [-0.25, -0.2) is 0 Å². The summed E-state index contributed by atoms with van der Waals surface area (Å²) in [5, 5.41) is 1.26. The first-order chi connectivity index (χ1) is 12.7.